The number of likely N-dealkylation sites (tertiary alicyclic amines) is 1. The molecule has 1 N–H and O–H groups in total. The Hall–Kier alpha value is -2.33. The van der Waals surface area contributed by atoms with E-state index in [1.54, 1.807) is 7.11 Å². The molecular formula is C22H26N2O2. The van der Waals surface area contributed by atoms with Crippen LogP contribution in [0, 0.1) is 0 Å². The molecule has 4 heteroatoms. The summed E-state index contributed by atoms with van der Waals surface area (Å²) in [6.45, 7) is 1.81. The third kappa shape index (κ3) is 3.34. The molecule has 0 radical (unpaired) electrons. The van der Waals surface area contributed by atoms with Crippen LogP contribution in [0.4, 0.5) is 0 Å². The number of piperidine rings is 1. The molecule has 3 atom stereocenters. The van der Waals surface area contributed by atoms with Crippen LogP contribution in [-0.2, 0) is 11.2 Å². The van der Waals surface area contributed by atoms with Gasteiger partial charge in [0.05, 0.1) is 13.5 Å². The Kier molecular flexibility index (Phi) is 4.93. The van der Waals surface area contributed by atoms with Gasteiger partial charge in [0.2, 0.25) is 5.91 Å². The van der Waals surface area contributed by atoms with Crippen LogP contribution in [0.15, 0.2) is 54.6 Å². The van der Waals surface area contributed by atoms with Gasteiger partial charge in [0.1, 0.15) is 5.75 Å². The van der Waals surface area contributed by atoms with Crippen LogP contribution < -0.4 is 10.1 Å². The predicted molar refractivity (Wildman–Crippen MR) is 102 cm³/mol. The molecule has 0 spiro atoms. The van der Waals surface area contributed by atoms with Gasteiger partial charge in [-0.25, -0.2) is 0 Å². The van der Waals surface area contributed by atoms with Crippen molar-refractivity contribution in [2.75, 3.05) is 20.2 Å². The first-order chi connectivity index (χ1) is 12.8. The second-order valence-corrected chi connectivity index (χ2v) is 7.28. The smallest absolute Gasteiger partial charge is 0.227 e. The Bertz CT molecular complexity index is 762. The zero-order valence-corrected chi connectivity index (χ0v) is 15.2. The first-order valence-corrected chi connectivity index (χ1v) is 9.47. The Morgan fingerprint density at radius 3 is 2.85 bits per heavy atom. The van der Waals surface area contributed by atoms with Crippen molar-refractivity contribution in [3.8, 4) is 5.75 Å². The molecule has 2 saturated heterocycles. The van der Waals surface area contributed by atoms with Gasteiger partial charge in [-0.2, -0.15) is 0 Å². The van der Waals surface area contributed by atoms with Gasteiger partial charge in [-0.15, -0.1) is 0 Å². The molecule has 1 amide bonds. The van der Waals surface area contributed by atoms with Crippen molar-refractivity contribution in [1.82, 2.24) is 10.2 Å². The summed E-state index contributed by atoms with van der Waals surface area (Å²) in [5.74, 6) is 1.43. The number of benzene rings is 2. The molecule has 2 aromatic carbocycles. The second kappa shape index (κ2) is 7.50. The number of carbonyl (C=O) groups is 1. The lowest BCUT2D eigenvalue weighted by molar-refractivity contribution is -0.131. The summed E-state index contributed by atoms with van der Waals surface area (Å²) in [7, 11) is 1.70. The molecule has 0 bridgehead atoms. The van der Waals surface area contributed by atoms with Crippen molar-refractivity contribution in [1.29, 1.82) is 0 Å². The third-order valence-electron chi connectivity index (χ3n) is 5.74. The number of amides is 1. The number of nitrogens with one attached hydrogen (secondary N) is 1. The molecule has 26 heavy (non-hydrogen) atoms. The number of fused-ring (bicyclic) bond motifs is 1. The molecule has 2 aliphatic rings. The van der Waals surface area contributed by atoms with E-state index in [1.807, 2.05) is 42.5 Å². The molecule has 2 aromatic rings. The van der Waals surface area contributed by atoms with Gasteiger partial charge >= 0.3 is 0 Å². The highest BCUT2D eigenvalue weighted by molar-refractivity contribution is 5.79. The molecule has 0 aromatic heterocycles. The van der Waals surface area contributed by atoms with Crippen LogP contribution in [-0.4, -0.2) is 43.1 Å². The standard InChI is InChI=1S/C22H26N2O2/c1-26-18-10-5-9-17(14-18)19-15-24(20-11-6-12-23-22(19)20)21(25)13-16-7-3-2-4-8-16/h2-5,7-10,14,19-20,22-23H,6,11-13,15H2,1H3/t19-,20-,22-/m1/s1. The summed E-state index contributed by atoms with van der Waals surface area (Å²) in [6.07, 6.45) is 2.69. The first kappa shape index (κ1) is 17.1. The van der Waals surface area contributed by atoms with Crippen molar-refractivity contribution in [2.24, 2.45) is 0 Å². The summed E-state index contributed by atoms with van der Waals surface area (Å²) in [6, 6.07) is 19.0. The van der Waals surface area contributed by atoms with Gasteiger partial charge in [-0.1, -0.05) is 42.5 Å². The molecule has 4 rings (SSSR count). The van der Waals surface area contributed by atoms with E-state index in [0.717, 1.165) is 37.2 Å². The molecule has 136 valence electrons. The van der Waals surface area contributed by atoms with Gasteiger partial charge in [-0.3, -0.25) is 4.79 Å². The average Bonchev–Trinajstić information content (AvgIpc) is 3.09. The fourth-order valence-corrected chi connectivity index (χ4v) is 4.46. The quantitative estimate of drug-likeness (QED) is 0.922. The number of hydrogen-bond donors (Lipinski definition) is 1. The van der Waals surface area contributed by atoms with Crippen molar-refractivity contribution >= 4 is 5.91 Å². The molecule has 0 saturated carbocycles. The number of methoxy groups -OCH3 is 1. The van der Waals surface area contributed by atoms with Gasteiger partial charge in [-0.05, 0) is 42.6 Å². The number of nitrogens with zero attached hydrogens (tertiary/aromatic N) is 1. The fourth-order valence-electron chi connectivity index (χ4n) is 4.46. The van der Waals surface area contributed by atoms with Gasteiger partial charge < -0.3 is 15.0 Å². The lowest BCUT2D eigenvalue weighted by Crippen LogP contribution is -2.49. The molecule has 0 aliphatic carbocycles. The summed E-state index contributed by atoms with van der Waals surface area (Å²) in [4.78, 5) is 15.2. The topological polar surface area (TPSA) is 41.6 Å². The van der Waals surface area contributed by atoms with Crippen LogP contribution in [0.5, 0.6) is 5.75 Å². The van der Waals surface area contributed by atoms with Gasteiger partial charge in [0.15, 0.2) is 0 Å². The average molecular weight is 350 g/mol. The maximum absolute atomic E-state index is 13.0. The lowest BCUT2D eigenvalue weighted by atomic mass is 9.87. The van der Waals surface area contributed by atoms with E-state index < -0.39 is 0 Å². The van der Waals surface area contributed by atoms with E-state index in [0.29, 0.717) is 18.4 Å². The zero-order chi connectivity index (χ0) is 17.9. The third-order valence-corrected chi connectivity index (χ3v) is 5.74. The van der Waals surface area contributed by atoms with Crippen LogP contribution >= 0.6 is 0 Å². The van der Waals surface area contributed by atoms with E-state index in [-0.39, 0.29) is 11.9 Å². The number of hydrogen-bond acceptors (Lipinski definition) is 3. The Morgan fingerprint density at radius 1 is 1.19 bits per heavy atom. The SMILES string of the molecule is COc1cccc([C@H]2CN(C(=O)Cc3ccccc3)[C@@H]3CCCN[C@H]23)c1. The van der Waals surface area contributed by atoms with E-state index in [4.69, 9.17) is 4.74 Å². The molecule has 2 fully saturated rings. The Morgan fingerprint density at radius 2 is 2.04 bits per heavy atom. The molecule has 0 unspecified atom stereocenters. The summed E-state index contributed by atoms with van der Waals surface area (Å²) in [5, 5.41) is 3.68. The Balaban J connectivity index is 1.57. The van der Waals surface area contributed by atoms with Crippen LogP contribution in [0.2, 0.25) is 0 Å². The van der Waals surface area contributed by atoms with E-state index in [1.165, 1.54) is 5.56 Å². The summed E-state index contributed by atoms with van der Waals surface area (Å²) in [5.41, 5.74) is 2.34. The highest BCUT2D eigenvalue weighted by Gasteiger charge is 2.45. The van der Waals surface area contributed by atoms with E-state index >= 15 is 0 Å². The summed E-state index contributed by atoms with van der Waals surface area (Å²) >= 11 is 0. The van der Waals surface area contributed by atoms with E-state index in [9.17, 15) is 4.79 Å². The van der Waals surface area contributed by atoms with Gasteiger partial charge in [0.25, 0.3) is 0 Å². The predicted octanol–water partition coefficient (Wildman–Crippen LogP) is 2.98. The number of carbonyl (C=O) groups excluding carboxylic acids is 1. The largest absolute Gasteiger partial charge is 0.497 e. The number of rotatable bonds is 4. The normalized spacial score (nSPS) is 25.0. The minimum absolute atomic E-state index is 0.236. The minimum atomic E-state index is 0.236. The highest BCUT2D eigenvalue weighted by Crippen LogP contribution is 2.37. The van der Waals surface area contributed by atoms with Crippen molar-refractivity contribution < 1.29 is 9.53 Å². The maximum atomic E-state index is 13.0. The van der Waals surface area contributed by atoms with Crippen LogP contribution in [0.1, 0.15) is 29.9 Å². The van der Waals surface area contributed by atoms with Gasteiger partial charge in [0, 0.05) is 24.5 Å². The molecule has 2 heterocycles. The van der Waals surface area contributed by atoms with Crippen LogP contribution in [0.25, 0.3) is 0 Å². The summed E-state index contributed by atoms with van der Waals surface area (Å²) < 4.78 is 5.40. The van der Waals surface area contributed by atoms with Crippen molar-refractivity contribution in [3.63, 3.8) is 0 Å². The molecule has 2 aliphatic heterocycles. The monoisotopic (exact) mass is 350 g/mol. The lowest BCUT2D eigenvalue weighted by Gasteiger charge is -2.33. The second-order valence-electron chi connectivity index (χ2n) is 7.28. The van der Waals surface area contributed by atoms with E-state index in [2.05, 4.69) is 22.3 Å². The van der Waals surface area contributed by atoms with Crippen molar-refractivity contribution in [3.05, 3.63) is 65.7 Å². The zero-order valence-electron chi connectivity index (χ0n) is 15.2. The maximum Gasteiger partial charge on any atom is 0.227 e. The molecule has 4 nitrogen and oxygen atoms in total. The minimum Gasteiger partial charge on any atom is -0.497 e. The molecular weight excluding hydrogens is 324 g/mol. The van der Waals surface area contributed by atoms with Crippen molar-refractivity contribution in [2.45, 2.75) is 37.3 Å². The van der Waals surface area contributed by atoms with Crippen LogP contribution in [0.3, 0.4) is 0 Å². The Labute approximate surface area is 155 Å². The first-order valence-electron chi connectivity index (χ1n) is 9.47. The highest BCUT2D eigenvalue weighted by atomic mass is 16.5. The fraction of sp³-hybridized carbons (Fsp3) is 0.409. The number of ether oxygens (including phenoxy) is 1.